The highest BCUT2D eigenvalue weighted by Gasteiger charge is 2.43. The van der Waals surface area contributed by atoms with Gasteiger partial charge in [0.25, 0.3) is 5.91 Å². The second-order valence-electron chi connectivity index (χ2n) is 5.55. The maximum Gasteiger partial charge on any atom is 0.308 e. The van der Waals surface area contributed by atoms with Crippen LogP contribution in [-0.2, 0) is 14.4 Å². The van der Waals surface area contributed by atoms with Crippen LogP contribution in [0, 0.1) is 5.41 Å². The van der Waals surface area contributed by atoms with Gasteiger partial charge in [0.15, 0.2) is 5.78 Å². The van der Waals surface area contributed by atoms with Gasteiger partial charge in [0.1, 0.15) is 5.37 Å². The molecule has 19 heavy (non-hydrogen) atoms. The molecular weight excluding hydrogens is 266 g/mol. The Morgan fingerprint density at radius 3 is 2.26 bits per heavy atom. The molecule has 1 atom stereocenters. The molecule has 0 bridgehead atoms. The first-order valence-electron chi connectivity index (χ1n) is 5.90. The quantitative estimate of drug-likeness (QED) is 0.848. The Kier molecular flexibility index (Phi) is 4.45. The van der Waals surface area contributed by atoms with Gasteiger partial charge in [-0.05, 0) is 6.26 Å². The minimum absolute atomic E-state index is 0.120. The highest BCUT2D eigenvalue weighted by molar-refractivity contribution is 7.99. The molecule has 1 N–H and O–H groups in total. The zero-order chi connectivity index (χ0) is 15.0. The first-order valence-corrected chi connectivity index (χ1v) is 7.19. The number of ketones is 1. The van der Waals surface area contributed by atoms with Crippen LogP contribution >= 0.6 is 11.8 Å². The molecule has 0 aliphatic carbocycles. The second kappa shape index (κ2) is 5.36. The Hall–Kier alpha value is -1.30. The minimum atomic E-state index is -1.10. The van der Waals surface area contributed by atoms with Crippen molar-refractivity contribution >= 4 is 29.4 Å². The lowest BCUT2D eigenvalue weighted by Gasteiger charge is -2.24. The lowest BCUT2D eigenvalue weighted by molar-refractivity contribution is -0.137. The van der Waals surface area contributed by atoms with Gasteiger partial charge in [0.2, 0.25) is 0 Å². The average molecular weight is 285 g/mol. The van der Waals surface area contributed by atoms with Crippen LogP contribution in [0.15, 0.2) is 11.1 Å². The van der Waals surface area contributed by atoms with Crippen LogP contribution in [0.2, 0.25) is 0 Å². The Morgan fingerprint density at radius 2 is 1.89 bits per heavy atom. The van der Waals surface area contributed by atoms with Crippen molar-refractivity contribution in [1.29, 1.82) is 0 Å². The van der Waals surface area contributed by atoms with Crippen molar-refractivity contribution in [3.8, 4) is 0 Å². The van der Waals surface area contributed by atoms with Gasteiger partial charge in [-0.25, -0.2) is 0 Å². The van der Waals surface area contributed by atoms with Crippen LogP contribution in [0.25, 0.3) is 0 Å². The number of carbonyl (C=O) groups is 3. The van der Waals surface area contributed by atoms with Gasteiger partial charge in [-0.15, -0.1) is 11.8 Å². The number of carboxylic acids is 1. The molecule has 0 fully saturated rings. The predicted octanol–water partition coefficient (Wildman–Crippen LogP) is 1.53. The molecule has 6 heteroatoms. The molecule has 0 spiro atoms. The molecule has 0 radical (unpaired) electrons. The minimum Gasteiger partial charge on any atom is -0.481 e. The lowest BCUT2D eigenvalue weighted by Crippen LogP contribution is -2.33. The van der Waals surface area contributed by atoms with E-state index in [1.165, 1.54) is 16.7 Å². The zero-order valence-corrected chi connectivity index (χ0v) is 12.6. The van der Waals surface area contributed by atoms with E-state index in [0.717, 1.165) is 0 Å². The van der Waals surface area contributed by atoms with E-state index in [4.69, 9.17) is 5.11 Å². The molecule has 0 aromatic carbocycles. The smallest absolute Gasteiger partial charge is 0.308 e. The Balaban J connectivity index is 3.36. The van der Waals surface area contributed by atoms with Crippen molar-refractivity contribution in [1.82, 2.24) is 4.90 Å². The van der Waals surface area contributed by atoms with Crippen molar-refractivity contribution in [3.05, 3.63) is 11.1 Å². The van der Waals surface area contributed by atoms with Gasteiger partial charge in [0.05, 0.1) is 6.42 Å². The summed E-state index contributed by atoms with van der Waals surface area (Å²) in [5, 5.41) is 8.52. The van der Waals surface area contributed by atoms with Crippen LogP contribution in [0.5, 0.6) is 0 Å². The van der Waals surface area contributed by atoms with E-state index in [-0.39, 0.29) is 17.3 Å². The van der Waals surface area contributed by atoms with Gasteiger partial charge in [-0.1, -0.05) is 20.8 Å². The summed E-state index contributed by atoms with van der Waals surface area (Å²) >= 11 is 1.36. The summed E-state index contributed by atoms with van der Waals surface area (Å²) < 4.78 is 0. The van der Waals surface area contributed by atoms with E-state index in [2.05, 4.69) is 0 Å². The van der Waals surface area contributed by atoms with Crippen LogP contribution in [0.1, 0.15) is 27.2 Å². The first-order chi connectivity index (χ1) is 8.61. The molecule has 1 aliphatic heterocycles. The number of carboxylic acid groups (broad SMARTS) is 1. The van der Waals surface area contributed by atoms with E-state index >= 15 is 0 Å². The van der Waals surface area contributed by atoms with E-state index in [9.17, 15) is 14.4 Å². The standard InChI is InChI=1S/C13H19NO4S/c1-13(2,3)10(17)9-7(6-8(15)16)11(18)14(4)12(9)19-5/h12H,6H2,1-5H3,(H,15,16)/t12-/m0/s1. The van der Waals surface area contributed by atoms with E-state index < -0.39 is 23.2 Å². The summed E-state index contributed by atoms with van der Waals surface area (Å²) in [6, 6.07) is 0. The van der Waals surface area contributed by atoms with Gasteiger partial charge in [0, 0.05) is 23.6 Å². The SMILES string of the molecule is CS[C@H]1C(C(=O)C(C)(C)C)=C(CC(=O)O)C(=O)N1C. The van der Waals surface area contributed by atoms with Crippen molar-refractivity contribution < 1.29 is 19.5 Å². The second-order valence-corrected chi connectivity index (χ2v) is 6.46. The fraction of sp³-hybridized carbons (Fsp3) is 0.615. The third kappa shape index (κ3) is 3.00. The largest absolute Gasteiger partial charge is 0.481 e. The molecule has 106 valence electrons. The van der Waals surface area contributed by atoms with Crippen LogP contribution in [0.3, 0.4) is 0 Å². The fourth-order valence-electron chi connectivity index (χ4n) is 2.03. The van der Waals surface area contributed by atoms with Gasteiger partial charge in [-0.2, -0.15) is 0 Å². The number of rotatable bonds is 4. The maximum atomic E-state index is 12.5. The number of hydrogen-bond acceptors (Lipinski definition) is 4. The molecule has 1 rings (SSSR count). The number of Topliss-reactive ketones (excluding diaryl/α,β-unsaturated/α-hetero) is 1. The normalized spacial score (nSPS) is 20.2. The molecule has 0 aromatic rings. The van der Waals surface area contributed by atoms with Crippen molar-refractivity contribution in [2.75, 3.05) is 13.3 Å². The Morgan fingerprint density at radius 1 is 1.37 bits per heavy atom. The number of thioether (sulfide) groups is 1. The Bertz CT molecular complexity index is 462. The molecule has 1 aliphatic rings. The Labute approximate surface area is 117 Å². The summed E-state index contributed by atoms with van der Waals surface area (Å²) in [5.74, 6) is -1.63. The summed E-state index contributed by atoms with van der Waals surface area (Å²) in [6.45, 7) is 5.29. The highest BCUT2D eigenvalue weighted by atomic mass is 32.2. The molecule has 1 amide bonds. The number of aliphatic carboxylic acids is 1. The van der Waals surface area contributed by atoms with Crippen molar-refractivity contribution in [2.45, 2.75) is 32.6 Å². The third-order valence-corrected chi connectivity index (χ3v) is 3.98. The molecule has 0 saturated carbocycles. The van der Waals surface area contributed by atoms with Gasteiger partial charge >= 0.3 is 5.97 Å². The number of amides is 1. The van der Waals surface area contributed by atoms with Gasteiger partial charge in [-0.3, -0.25) is 14.4 Å². The molecule has 5 nitrogen and oxygen atoms in total. The molecular formula is C13H19NO4S. The number of hydrogen-bond donors (Lipinski definition) is 1. The predicted molar refractivity (Wildman–Crippen MR) is 73.8 cm³/mol. The fourth-order valence-corrected chi connectivity index (χ4v) is 2.93. The highest BCUT2D eigenvalue weighted by Crippen LogP contribution is 2.37. The third-order valence-electron chi connectivity index (χ3n) is 2.98. The molecule has 1 heterocycles. The van der Waals surface area contributed by atoms with Gasteiger partial charge < -0.3 is 10.0 Å². The number of carbonyl (C=O) groups excluding carboxylic acids is 2. The van der Waals surface area contributed by atoms with E-state index in [1.807, 2.05) is 0 Å². The summed E-state index contributed by atoms with van der Waals surface area (Å²) in [5.41, 5.74) is -0.178. The van der Waals surface area contributed by atoms with E-state index in [0.29, 0.717) is 5.57 Å². The average Bonchev–Trinajstić information content (AvgIpc) is 2.50. The molecule has 0 saturated heterocycles. The molecule has 0 aromatic heterocycles. The van der Waals surface area contributed by atoms with Crippen LogP contribution in [-0.4, -0.2) is 46.3 Å². The number of nitrogens with zero attached hydrogens (tertiary/aromatic N) is 1. The number of likely N-dealkylation sites (N-methyl/N-ethyl adjacent to an activating group) is 1. The van der Waals surface area contributed by atoms with Crippen LogP contribution < -0.4 is 0 Å². The maximum absolute atomic E-state index is 12.5. The van der Waals surface area contributed by atoms with E-state index in [1.54, 1.807) is 34.1 Å². The summed E-state index contributed by atoms with van der Waals surface area (Å²) in [4.78, 5) is 36.9. The molecule has 0 unspecified atom stereocenters. The van der Waals surface area contributed by atoms with Crippen LogP contribution in [0.4, 0.5) is 0 Å². The monoisotopic (exact) mass is 285 g/mol. The topological polar surface area (TPSA) is 74.7 Å². The summed E-state index contributed by atoms with van der Waals surface area (Å²) in [7, 11) is 1.59. The van der Waals surface area contributed by atoms with Crippen molar-refractivity contribution in [3.63, 3.8) is 0 Å². The lowest BCUT2D eigenvalue weighted by atomic mass is 9.84. The van der Waals surface area contributed by atoms with Crippen molar-refractivity contribution in [2.24, 2.45) is 5.41 Å². The summed E-state index contributed by atoms with van der Waals surface area (Å²) in [6.07, 6.45) is 1.39. The zero-order valence-electron chi connectivity index (χ0n) is 11.8. The first kappa shape index (κ1) is 15.8.